The lowest BCUT2D eigenvalue weighted by atomic mass is 9.55. The number of nitrogens with zero attached hydrogens (tertiary/aromatic N) is 2. The Labute approximate surface area is 191 Å². The molecular formula is C27H34N2O3. The quantitative estimate of drug-likeness (QED) is 0.692. The predicted octanol–water partition coefficient (Wildman–Crippen LogP) is 4.23. The zero-order valence-corrected chi connectivity index (χ0v) is 19.2. The number of methoxy groups -OCH3 is 1. The first-order valence-corrected chi connectivity index (χ1v) is 11.4. The van der Waals surface area contributed by atoms with Crippen LogP contribution in [0, 0.1) is 0 Å². The first-order chi connectivity index (χ1) is 15.4. The van der Waals surface area contributed by atoms with Gasteiger partial charge in [0.2, 0.25) is 0 Å². The molecule has 1 aliphatic carbocycles. The van der Waals surface area contributed by atoms with Crippen molar-refractivity contribution in [3.8, 4) is 5.75 Å². The van der Waals surface area contributed by atoms with Gasteiger partial charge < -0.3 is 14.7 Å². The summed E-state index contributed by atoms with van der Waals surface area (Å²) in [5.74, 6) is 0.321. The van der Waals surface area contributed by atoms with Gasteiger partial charge in [-0.05, 0) is 62.1 Å². The maximum absolute atomic E-state index is 13.2. The predicted molar refractivity (Wildman–Crippen MR) is 127 cm³/mol. The lowest BCUT2D eigenvalue weighted by Gasteiger charge is -2.60. The highest BCUT2D eigenvalue weighted by molar-refractivity contribution is 5.94. The molecule has 5 heteroatoms. The molecule has 2 aliphatic rings. The normalized spacial score (nSPS) is 28.0. The fraction of sp³-hybridized carbons (Fsp3) is 0.444. The Morgan fingerprint density at radius 2 is 2.03 bits per heavy atom. The number of benzene rings is 2. The number of carbonyl (C=O) groups is 1. The summed E-state index contributed by atoms with van der Waals surface area (Å²) < 4.78 is 6.37. The van der Waals surface area contributed by atoms with Crippen molar-refractivity contribution >= 4 is 5.91 Å². The van der Waals surface area contributed by atoms with Gasteiger partial charge in [-0.25, -0.2) is 0 Å². The largest absolute Gasteiger partial charge is 0.508 e. The molecular weight excluding hydrogens is 400 g/mol. The van der Waals surface area contributed by atoms with Crippen molar-refractivity contribution in [3.63, 3.8) is 0 Å². The molecule has 2 aromatic carbocycles. The van der Waals surface area contributed by atoms with Crippen LogP contribution in [-0.4, -0.2) is 66.2 Å². The van der Waals surface area contributed by atoms with Crippen LogP contribution in [0.15, 0.2) is 67.3 Å². The van der Waals surface area contributed by atoms with Crippen molar-refractivity contribution in [3.05, 3.63) is 78.4 Å². The number of likely N-dealkylation sites (tertiary alicyclic amines) is 1. The van der Waals surface area contributed by atoms with Crippen molar-refractivity contribution in [2.24, 2.45) is 0 Å². The van der Waals surface area contributed by atoms with Crippen LogP contribution in [-0.2, 0) is 10.2 Å². The van der Waals surface area contributed by atoms with Gasteiger partial charge in [-0.15, -0.1) is 6.58 Å². The highest BCUT2D eigenvalue weighted by Crippen LogP contribution is 2.54. The smallest absolute Gasteiger partial charge is 0.253 e. The molecule has 1 heterocycles. The van der Waals surface area contributed by atoms with Crippen molar-refractivity contribution < 1.29 is 14.6 Å². The molecule has 32 heavy (non-hydrogen) atoms. The van der Waals surface area contributed by atoms with Crippen LogP contribution < -0.4 is 0 Å². The fourth-order valence-corrected chi connectivity index (χ4v) is 5.99. The average molecular weight is 435 g/mol. The number of hydrogen-bond acceptors (Lipinski definition) is 4. The molecule has 1 N–H and O–H groups in total. The molecule has 4 rings (SSSR count). The Bertz CT molecular complexity index is 962. The highest BCUT2D eigenvalue weighted by Gasteiger charge is 2.59. The molecule has 5 nitrogen and oxygen atoms in total. The summed E-state index contributed by atoms with van der Waals surface area (Å²) in [6.07, 6.45) is 5.39. The number of carbonyl (C=O) groups excluding carboxylic acids is 1. The van der Waals surface area contributed by atoms with Gasteiger partial charge in [0.05, 0.1) is 5.60 Å². The number of phenolic OH excluding ortho intramolecular Hbond substituents is 1. The number of rotatable bonds is 6. The van der Waals surface area contributed by atoms with Gasteiger partial charge in [0.1, 0.15) is 5.75 Å². The summed E-state index contributed by atoms with van der Waals surface area (Å²) >= 11 is 0. The molecule has 1 aliphatic heterocycles. The van der Waals surface area contributed by atoms with Crippen LogP contribution >= 0.6 is 0 Å². The van der Waals surface area contributed by atoms with Crippen molar-refractivity contribution in [2.75, 3.05) is 33.8 Å². The first-order valence-electron chi connectivity index (χ1n) is 11.4. The number of hydrogen-bond donors (Lipinski definition) is 1. The topological polar surface area (TPSA) is 53.0 Å². The molecule has 0 spiro atoms. The van der Waals surface area contributed by atoms with E-state index in [0.717, 1.165) is 50.9 Å². The molecule has 1 saturated heterocycles. The number of amides is 1. The maximum Gasteiger partial charge on any atom is 0.253 e. The van der Waals surface area contributed by atoms with Gasteiger partial charge in [-0.1, -0.05) is 36.4 Å². The van der Waals surface area contributed by atoms with Crippen LogP contribution in [0.4, 0.5) is 0 Å². The molecule has 3 atom stereocenters. The highest BCUT2D eigenvalue weighted by atomic mass is 16.5. The van der Waals surface area contributed by atoms with Gasteiger partial charge in [0.25, 0.3) is 5.91 Å². The van der Waals surface area contributed by atoms with Crippen LogP contribution in [0.3, 0.4) is 0 Å². The Balaban J connectivity index is 1.71. The molecule has 1 saturated carbocycles. The van der Waals surface area contributed by atoms with Gasteiger partial charge in [0.15, 0.2) is 0 Å². The second kappa shape index (κ2) is 9.08. The third kappa shape index (κ3) is 3.84. The molecule has 0 radical (unpaired) electrons. The Hall–Kier alpha value is -2.63. The molecule has 2 fully saturated rings. The van der Waals surface area contributed by atoms with E-state index in [-0.39, 0.29) is 28.7 Å². The van der Waals surface area contributed by atoms with Gasteiger partial charge in [-0.2, -0.15) is 0 Å². The van der Waals surface area contributed by atoms with Crippen LogP contribution in [0.5, 0.6) is 5.75 Å². The average Bonchev–Trinajstić information content (AvgIpc) is 2.83. The molecule has 2 aromatic rings. The standard InChI is InChI=1S/C27H34N2O3/c1-4-16-29-17-15-26(22-11-8-12-24(30)18-22)19-23(13-14-27(26,20-29)32-3)28(2)25(31)21-9-6-5-7-10-21/h4-12,18,23,30H,1,13-17,19-20H2,2-3H3/t23-,26-,27-/m0/s1. The summed E-state index contributed by atoms with van der Waals surface area (Å²) in [6, 6.07) is 17.2. The summed E-state index contributed by atoms with van der Waals surface area (Å²) in [4.78, 5) is 17.5. The van der Waals surface area contributed by atoms with E-state index < -0.39 is 0 Å². The van der Waals surface area contributed by atoms with Gasteiger partial charge in [0, 0.05) is 44.3 Å². The molecule has 0 aromatic heterocycles. The van der Waals surface area contributed by atoms with E-state index in [1.54, 1.807) is 6.07 Å². The second-order valence-corrected chi connectivity index (χ2v) is 9.28. The van der Waals surface area contributed by atoms with E-state index in [9.17, 15) is 9.90 Å². The molecule has 170 valence electrons. The van der Waals surface area contributed by atoms with Crippen molar-refractivity contribution in [2.45, 2.75) is 42.7 Å². The van der Waals surface area contributed by atoms with Gasteiger partial charge in [-0.3, -0.25) is 9.69 Å². The van der Waals surface area contributed by atoms with Gasteiger partial charge >= 0.3 is 0 Å². The number of fused-ring (bicyclic) bond motifs is 1. The maximum atomic E-state index is 13.2. The minimum atomic E-state index is -0.380. The van der Waals surface area contributed by atoms with E-state index >= 15 is 0 Å². The Morgan fingerprint density at radius 1 is 1.25 bits per heavy atom. The minimum Gasteiger partial charge on any atom is -0.508 e. The third-order valence-corrected chi connectivity index (χ3v) is 7.74. The number of piperidine rings is 1. The lowest BCUT2D eigenvalue weighted by molar-refractivity contribution is -0.151. The molecule has 1 amide bonds. The zero-order chi connectivity index (χ0) is 22.8. The van der Waals surface area contributed by atoms with E-state index in [4.69, 9.17) is 4.74 Å². The Morgan fingerprint density at radius 3 is 2.72 bits per heavy atom. The van der Waals surface area contributed by atoms with E-state index in [0.29, 0.717) is 5.56 Å². The zero-order valence-electron chi connectivity index (χ0n) is 19.2. The third-order valence-electron chi connectivity index (χ3n) is 7.74. The number of aromatic hydroxyl groups is 1. The summed E-state index contributed by atoms with van der Waals surface area (Å²) in [5.41, 5.74) is 1.15. The van der Waals surface area contributed by atoms with E-state index in [1.165, 1.54) is 0 Å². The molecule has 0 bridgehead atoms. The second-order valence-electron chi connectivity index (χ2n) is 9.28. The van der Waals surface area contributed by atoms with Crippen molar-refractivity contribution in [1.29, 1.82) is 0 Å². The van der Waals surface area contributed by atoms with E-state index in [2.05, 4.69) is 17.5 Å². The van der Waals surface area contributed by atoms with Crippen molar-refractivity contribution in [1.82, 2.24) is 9.80 Å². The van der Waals surface area contributed by atoms with Crippen LogP contribution in [0.25, 0.3) is 0 Å². The fourth-order valence-electron chi connectivity index (χ4n) is 5.99. The summed E-state index contributed by atoms with van der Waals surface area (Å²) in [7, 11) is 3.73. The van der Waals surface area contributed by atoms with Crippen LogP contribution in [0.2, 0.25) is 0 Å². The Kier molecular flexibility index (Phi) is 6.40. The number of phenols is 1. The monoisotopic (exact) mass is 434 g/mol. The summed E-state index contributed by atoms with van der Waals surface area (Å²) in [5, 5.41) is 10.3. The first kappa shape index (κ1) is 22.6. The molecule has 0 unspecified atom stereocenters. The summed E-state index contributed by atoms with van der Waals surface area (Å²) in [6.45, 7) is 6.49. The SMILES string of the molecule is C=CCN1CC[C@@]2(c3cccc(O)c3)C[C@@H](N(C)C(=O)c3ccccc3)CC[C@]2(OC)C1. The lowest BCUT2D eigenvalue weighted by Crippen LogP contribution is -2.68. The van der Waals surface area contributed by atoms with E-state index in [1.807, 2.05) is 67.6 Å². The minimum absolute atomic E-state index is 0.0515. The number of ether oxygens (including phenoxy) is 1. The van der Waals surface area contributed by atoms with Crippen LogP contribution in [0.1, 0.15) is 41.6 Å².